The van der Waals surface area contributed by atoms with Crippen LogP contribution in [0.2, 0.25) is 5.02 Å². The van der Waals surface area contributed by atoms with Gasteiger partial charge in [0.25, 0.3) is 0 Å². The molecule has 1 rings (SSSR count). The molecule has 0 aliphatic carbocycles. The van der Waals surface area contributed by atoms with Crippen LogP contribution in [0.1, 0.15) is 5.69 Å². The molecule has 0 saturated carbocycles. The molecule has 64 valence electrons. The van der Waals surface area contributed by atoms with Crippen molar-refractivity contribution in [2.45, 2.75) is 6.92 Å². The third kappa shape index (κ3) is 2.51. The zero-order valence-corrected chi connectivity index (χ0v) is 7.78. The third-order valence-electron chi connectivity index (χ3n) is 1.37. The van der Waals surface area contributed by atoms with Crippen LogP contribution >= 0.6 is 11.6 Å². The maximum Gasteiger partial charge on any atom is 0.115 e. The Bertz CT molecular complexity index is 318. The van der Waals surface area contributed by atoms with Gasteiger partial charge in [-0.15, -0.1) is 0 Å². The fraction of sp³-hybridized carbons (Fsp3) is 0.250. The molecule has 0 fully saturated rings. The van der Waals surface area contributed by atoms with Gasteiger partial charge in [-0.1, -0.05) is 11.6 Å². The summed E-state index contributed by atoms with van der Waals surface area (Å²) in [5.74, 6) is 0. The molecule has 0 aliphatic rings. The molecule has 0 spiro atoms. The molecule has 0 aromatic carbocycles. The largest absolute Gasteiger partial charge is 0.354 e. The van der Waals surface area contributed by atoms with E-state index in [0.717, 1.165) is 5.69 Å². The highest BCUT2D eigenvalue weighted by molar-refractivity contribution is 6.30. The van der Waals surface area contributed by atoms with Gasteiger partial charge in [0, 0.05) is 25.6 Å². The predicted octanol–water partition coefficient (Wildman–Crippen LogP) is 1.90. The molecule has 0 aliphatic heterocycles. The van der Waals surface area contributed by atoms with E-state index in [4.69, 9.17) is 11.6 Å². The fourth-order valence-corrected chi connectivity index (χ4v) is 0.882. The first-order valence-corrected chi connectivity index (χ1v) is 3.90. The Morgan fingerprint density at radius 2 is 2.25 bits per heavy atom. The minimum Gasteiger partial charge on any atom is -0.354 e. The summed E-state index contributed by atoms with van der Waals surface area (Å²) in [6.45, 7) is 1.84. The maximum atomic E-state index is 5.90. The molecule has 0 atom stereocenters. The minimum atomic E-state index is 0.621. The highest BCUT2D eigenvalue weighted by Crippen LogP contribution is 2.07. The van der Waals surface area contributed by atoms with Crippen LogP contribution < -0.4 is 0 Å². The summed E-state index contributed by atoms with van der Waals surface area (Å²) in [6.07, 6.45) is 6.71. The van der Waals surface area contributed by atoms with E-state index >= 15 is 0 Å². The Morgan fingerprint density at radius 1 is 1.50 bits per heavy atom. The first-order chi connectivity index (χ1) is 5.70. The highest BCUT2D eigenvalue weighted by Gasteiger charge is 1.88. The lowest BCUT2D eigenvalue weighted by Gasteiger charge is -1.92. The van der Waals surface area contributed by atoms with Gasteiger partial charge in [-0.05, 0) is 6.92 Å². The Labute approximate surface area is 76.4 Å². The molecule has 0 unspecified atom stereocenters. The second-order valence-electron chi connectivity index (χ2n) is 2.42. The quantitative estimate of drug-likeness (QED) is 0.615. The van der Waals surface area contributed by atoms with Crippen LogP contribution in [0.3, 0.4) is 0 Å². The van der Waals surface area contributed by atoms with Gasteiger partial charge in [0.15, 0.2) is 0 Å². The first kappa shape index (κ1) is 9.00. The molecule has 0 amide bonds. The van der Waals surface area contributed by atoms with Gasteiger partial charge in [-0.3, -0.25) is 0 Å². The van der Waals surface area contributed by atoms with Gasteiger partial charge in [-0.25, -0.2) is 9.97 Å². The lowest BCUT2D eigenvalue weighted by atomic mass is 10.5. The number of rotatable bonds is 0. The Hall–Kier alpha value is -1.09. The summed E-state index contributed by atoms with van der Waals surface area (Å²) >= 11 is 5.90. The fourth-order valence-electron chi connectivity index (χ4n) is 0.679. The summed E-state index contributed by atoms with van der Waals surface area (Å²) in [7, 11) is 1.88. The molecular weight excluding hydrogens is 174 g/mol. The molecule has 1 aromatic heterocycles. The smallest absolute Gasteiger partial charge is 0.115 e. The van der Waals surface area contributed by atoms with E-state index in [1.165, 1.54) is 6.33 Å². The van der Waals surface area contributed by atoms with Crippen molar-refractivity contribution < 1.29 is 0 Å². The van der Waals surface area contributed by atoms with Crippen molar-refractivity contribution in [2.24, 2.45) is 7.05 Å². The number of hydrogen-bond acceptors (Lipinski definition) is 2. The zero-order chi connectivity index (χ0) is 8.97. The molecule has 12 heavy (non-hydrogen) atoms. The molecule has 3 nitrogen and oxygen atoms in total. The van der Waals surface area contributed by atoms with E-state index in [-0.39, 0.29) is 0 Å². The van der Waals surface area contributed by atoms with Gasteiger partial charge in [0.2, 0.25) is 0 Å². The number of aryl methyl sites for hydroxylation is 2. The van der Waals surface area contributed by atoms with Crippen LogP contribution in [0.4, 0.5) is 0 Å². The first-order valence-electron chi connectivity index (χ1n) is 3.52. The van der Waals surface area contributed by atoms with Crippen molar-refractivity contribution >= 4 is 11.6 Å². The molecule has 4 heteroatoms. The van der Waals surface area contributed by atoms with Gasteiger partial charge in [0.05, 0.1) is 10.7 Å². The molecule has 0 saturated heterocycles. The monoisotopic (exact) mass is 183 g/mol. The van der Waals surface area contributed by atoms with E-state index in [0.29, 0.717) is 5.02 Å². The van der Waals surface area contributed by atoms with Crippen LogP contribution in [0, 0.1) is 6.92 Å². The minimum absolute atomic E-state index is 0.621. The lowest BCUT2D eigenvalue weighted by molar-refractivity contribution is 0.905. The average Bonchev–Trinajstić information content (AvgIpc) is 2.07. The Morgan fingerprint density at radius 3 is 3.00 bits per heavy atom. The summed E-state index contributed by atoms with van der Waals surface area (Å²) in [4.78, 5) is 7.91. The van der Waals surface area contributed by atoms with Crippen LogP contribution in [-0.2, 0) is 7.05 Å². The van der Waals surface area contributed by atoms with Gasteiger partial charge < -0.3 is 4.57 Å². The molecule has 1 heterocycles. The molecule has 1 aromatic rings. The molecular formula is C8H10ClN3. The summed E-state index contributed by atoms with van der Waals surface area (Å²) in [5, 5.41) is 0.621. The average molecular weight is 184 g/mol. The predicted molar refractivity (Wildman–Crippen MR) is 48.4 cm³/mol. The van der Waals surface area contributed by atoms with Crippen molar-refractivity contribution in [3.05, 3.63) is 35.6 Å². The molecule has 0 N–H and O–H groups in total. The topological polar surface area (TPSA) is 30.7 Å². The van der Waals surface area contributed by atoms with Crippen LogP contribution in [-0.4, -0.2) is 14.5 Å². The van der Waals surface area contributed by atoms with Crippen LogP contribution in [0.15, 0.2) is 24.9 Å². The standard InChI is InChI=1S/C8H10ClN3/c1-7-8(9)5-12(2)4-3-10-6-11-7/h3-6H,1-2H3. The Balaban J connectivity index is 3.38. The van der Waals surface area contributed by atoms with Crippen molar-refractivity contribution in [3.63, 3.8) is 0 Å². The number of aromatic nitrogens is 3. The van der Waals surface area contributed by atoms with Crippen molar-refractivity contribution in [3.8, 4) is 0 Å². The Kier molecular flexibility index (Phi) is 3.05. The van der Waals surface area contributed by atoms with Crippen molar-refractivity contribution in [1.29, 1.82) is 0 Å². The van der Waals surface area contributed by atoms with Crippen LogP contribution in [0.5, 0.6) is 0 Å². The van der Waals surface area contributed by atoms with Crippen molar-refractivity contribution in [1.82, 2.24) is 14.5 Å². The van der Waals surface area contributed by atoms with Gasteiger partial charge in [-0.2, -0.15) is 0 Å². The summed E-state index contributed by atoms with van der Waals surface area (Å²) in [6, 6.07) is 0. The number of hydrogen-bond donors (Lipinski definition) is 0. The normalized spacial score (nSPS) is 9.25. The molecule has 0 radical (unpaired) electrons. The molecule has 0 bridgehead atoms. The summed E-state index contributed by atoms with van der Waals surface area (Å²) < 4.78 is 1.82. The zero-order valence-electron chi connectivity index (χ0n) is 7.03. The van der Waals surface area contributed by atoms with Gasteiger partial charge >= 0.3 is 0 Å². The second kappa shape index (κ2) is 4.07. The SMILES string of the molecule is Cc1ncnccn(C)cc1Cl. The number of nitrogens with zero attached hydrogens (tertiary/aromatic N) is 3. The van der Waals surface area contributed by atoms with Crippen LogP contribution in [0.25, 0.3) is 0 Å². The number of halogens is 1. The highest BCUT2D eigenvalue weighted by atomic mass is 35.5. The lowest BCUT2D eigenvalue weighted by Crippen LogP contribution is -1.84. The van der Waals surface area contributed by atoms with Gasteiger partial charge in [0.1, 0.15) is 6.33 Å². The van der Waals surface area contributed by atoms with E-state index in [2.05, 4.69) is 9.97 Å². The van der Waals surface area contributed by atoms with E-state index in [1.54, 1.807) is 18.6 Å². The third-order valence-corrected chi connectivity index (χ3v) is 1.74. The van der Waals surface area contributed by atoms with E-state index in [9.17, 15) is 0 Å². The van der Waals surface area contributed by atoms with E-state index < -0.39 is 0 Å². The summed E-state index contributed by atoms with van der Waals surface area (Å²) in [5.41, 5.74) is 0.760. The second-order valence-corrected chi connectivity index (χ2v) is 2.83. The maximum absolute atomic E-state index is 5.90. The van der Waals surface area contributed by atoms with Crippen molar-refractivity contribution in [2.75, 3.05) is 0 Å². The van der Waals surface area contributed by atoms with E-state index in [1.807, 2.05) is 18.5 Å².